The summed E-state index contributed by atoms with van der Waals surface area (Å²) in [4.78, 5) is 0.984. The number of halogens is 1. The van der Waals surface area contributed by atoms with Crippen LogP contribution in [0.5, 0.6) is 0 Å². The van der Waals surface area contributed by atoms with Gasteiger partial charge in [0.05, 0.1) is 6.61 Å². The van der Waals surface area contributed by atoms with Crippen LogP contribution in [0, 0.1) is 5.82 Å². The van der Waals surface area contributed by atoms with E-state index >= 15 is 0 Å². The smallest absolute Gasteiger partial charge is 0.123 e. The van der Waals surface area contributed by atoms with Gasteiger partial charge in [0.2, 0.25) is 0 Å². The molecule has 1 N–H and O–H groups in total. The van der Waals surface area contributed by atoms with Crippen molar-refractivity contribution >= 4 is 11.8 Å². The number of hydrogen-bond donors (Lipinski definition) is 1. The predicted molar refractivity (Wildman–Crippen MR) is 48.8 cm³/mol. The lowest BCUT2D eigenvalue weighted by atomic mass is 10.4. The Morgan fingerprint density at radius 3 is 2.50 bits per heavy atom. The van der Waals surface area contributed by atoms with Gasteiger partial charge < -0.3 is 5.11 Å². The minimum atomic E-state index is -0.226. The fourth-order valence-electron chi connectivity index (χ4n) is 0.783. The summed E-state index contributed by atoms with van der Waals surface area (Å²) in [5, 5.41) is 8.92. The number of benzene rings is 1. The van der Waals surface area contributed by atoms with E-state index in [1.165, 1.54) is 23.9 Å². The molecule has 1 nitrogen and oxygen atoms in total. The summed E-state index contributed by atoms with van der Waals surface area (Å²) >= 11 is 1.54. The number of rotatable bonds is 3. The van der Waals surface area contributed by atoms with Crippen molar-refractivity contribution in [2.24, 2.45) is 0 Å². The Bertz CT molecular complexity index is 235. The van der Waals surface area contributed by atoms with Gasteiger partial charge in [-0.15, -0.1) is 11.8 Å². The molecule has 1 rings (SSSR count). The van der Waals surface area contributed by atoms with Crippen molar-refractivity contribution in [3.63, 3.8) is 0 Å². The molecule has 66 valence electrons. The molecule has 0 bridgehead atoms. The molecule has 1 aromatic rings. The number of aliphatic hydroxyl groups is 1. The molecule has 0 aliphatic heterocycles. The molecule has 0 radical (unpaired) electrons. The second kappa shape index (κ2) is 4.48. The lowest BCUT2D eigenvalue weighted by Crippen LogP contribution is -2.01. The summed E-state index contributed by atoms with van der Waals surface area (Å²) in [5.41, 5.74) is 0. The van der Waals surface area contributed by atoms with Gasteiger partial charge in [-0.3, -0.25) is 0 Å². The van der Waals surface area contributed by atoms with Gasteiger partial charge in [-0.1, -0.05) is 6.92 Å². The van der Waals surface area contributed by atoms with E-state index in [2.05, 4.69) is 0 Å². The SMILES string of the molecule is CC(CO)Sc1ccc(F)cc1. The molecule has 0 aliphatic rings. The van der Waals surface area contributed by atoms with Crippen LogP contribution in [0.3, 0.4) is 0 Å². The molecule has 1 unspecified atom stereocenters. The average Bonchev–Trinajstić information content (AvgIpc) is 2.09. The molecule has 1 atom stereocenters. The highest BCUT2D eigenvalue weighted by atomic mass is 32.2. The third-order valence-corrected chi connectivity index (χ3v) is 2.50. The number of aliphatic hydroxyl groups excluding tert-OH is 1. The highest BCUT2D eigenvalue weighted by molar-refractivity contribution is 8.00. The zero-order valence-corrected chi connectivity index (χ0v) is 7.64. The zero-order valence-electron chi connectivity index (χ0n) is 6.83. The van der Waals surface area contributed by atoms with E-state index in [4.69, 9.17) is 5.11 Å². The summed E-state index contributed by atoms with van der Waals surface area (Å²) < 4.78 is 12.4. The van der Waals surface area contributed by atoms with Crippen LogP contribution >= 0.6 is 11.8 Å². The van der Waals surface area contributed by atoms with E-state index in [1.54, 1.807) is 12.1 Å². The van der Waals surface area contributed by atoms with E-state index in [0.29, 0.717) is 0 Å². The maximum absolute atomic E-state index is 12.4. The first-order valence-corrected chi connectivity index (χ1v) is 4.63. The van der Waals surface area contributed by atoms with Crippen molar-refractivity contribution in [2.45, 2.75) is 17.1 Å². The first kappa shape index (κ1) is 9.55. The van der Waals surface area contributed by atoms with Crippen LogP contribution in [0.4, 0.5) is 4.39 Å². The third kappa shape index (κ3) is 2.83. The van der Waals surface area contributed by atoms with E-state index in [9.17, 15) is 4.39 Å². The fraction of sp³-hybridized carbons (Fsp3) is 0.333. The standard InChI is InChI=1S/C9H11FOS/c1-7(6-11)12-9-4-2-8(10)3-5-9/h2-5,7,11H,6H2,1H3. The summed E-state index contributed by atoms with van der Waals surface area (Å²) in [6.45, 7) is 2.07. The quantitative estimate of drug-likeness (QED) is 0.731. The summed E-state index contributed by atoms with van der Waals surface area (Å²) in [6, 6.07) is 6.27. The molecule has 0 spiro atoms. The second-order valence-electron chi connectivity index (χ2n) is 2.56. The number of hydrogen-bond acceptors (Lipinski definition) is 2. The van der Waals surface area contributed by atoms with Crippen molar-refractivity contribution in [1.29, 1.82) is 0 Å². The van der Waals surface area contributed by atoms with Crippen molar-refractivity contribution < 1.29 is 9.50 Å². The van der Waals surface area contributed by atoms with E-state index in [1.807, 2.05) is 6.92 Å². The van der Waals surface area contributed by atoms with Crippen LogP contribution in [-0.4, -0.2) is 17.0 Å². The second-order valence-corrected chi connectivity index (χ2v) is 4.08. The molecule has 12 heavy (non-hydrogen) atoms. The minimum absolute atomic E-state index is 0.141. The molecule has 0 aromatic heterocycles. The van der Waals surface area contributed by atoms with Gasteiger partial charge >= 0.3 is 0 Å². The lowest BCUT2D eigenvalue weighted by Gasteiger charge is -2.06. The molecule has 0 heterocycles. The maximum Gasteiger partial charge on any atom is 0.123 e. The summed E-state index contributed by atoms with van der Waals surface area (Å²) in [6.07, 6.45) is 0. The van der Waals surface area contributed by atoms with Crippen LogP contribution < -0.4 is 0 Å². The Labute approximate surface area is 75.6 Å². The predicted octanol–water partition coefficient (Wildman–Crippen LogP) is 2.30. The fourth-order valence-corrected chi connectivity index (χ4v) is 1.62. The van der Waals surface area contributed by atoms with Gasteiger partial charge in [-0.25, -0.2) is 4.39 Å². The maximum atomic E-state index is 12.4. The molecule has 0 amide bonds. The first-order chi connectivity index (χ1) is 5.72. The van der Waals surface area contributed by atoms with Crippen molar-refractivity contribution in [1.82, 2.24) is 0 Å². The lowest BCUT2D eigenvalue weighted by molar-refractivity contribution is 0.300. The van der Waals surface area contributed by atoms with Crippen LogP contribution in [0.25, 0.3) is 0 Å². The Morgan fingerprint density at radius 1 is 1.42 bits per heavy atom. The van der Waals surface area contributed by atoms with Crippen LogP contribution in [0.15, 0.2) is 29.2 Å². The van der Waals surface area contributed by atoms with Crippen LogP contribution in [-0.2, 0) is 0 Å². The van der Waals surface area contributed by atoms with Gasteiger partial charge in [0.15, 0.2) is 0 Å². The van der Waals surface area contributed by atoms with Crippen molar-refractivity contribution in [3.8, 4) is 0 Å². The monoisotopic (exact) mass is 186 g/mol. The Hall–Kier alpha value is -0.540. The normalized spacial score (nSPS) is 12.9. The van der Waals surface area contributed by atoms with Crippen molar-refractivity contribution in [2.75, 3.05) is 6.61 Å². The zero-order chi connectivity index (χ0) is 8.97. The molecular formula is C9H11FOS. The molecule has 1 aromatic carbocycles. The minimum Gasteiger partial charge on any atom is -0.395 e. The molecular weight excluding hydrogens is 175 g/mol. The van der Waals surface area contributed by atoms with Gasteiger partial charge in [-0.05, 0) is 24.3 Å². The van der Waals surface area contributed by atoms with Gasteiger partial charge in [-0.2, -0.15) is 0 Å². The molecule has 0 aliphatic carbocycles. The van der Waals surface area contributed by atoms with E-state index in [-0.39, 0.29) is 17.7 Å². The summed E-state index contributed by atoms with van der Waals surface area (Å²) in [5.74, 6) is -0.226. The van der Waals surface area contributed by atoms with E-state index < -0.39 is 0 Å². The summed E-state index contributed by atoms with van der Waals surface area (Å²) in [7, 11) is 0. The van der Waals surface area contributed by atoms with Gasteiger partial charge in [0.25, 0.3) is 0 Å². The Kier molecular flexibility index (Phi) is 3.56. The molecule has 0 saturated heterocycles. The Morgan fingerprint density at radius 2 is 2.00 bits per heavy atom. The topological polar surface area (TPSA) is 20.2 Å². The molecule has 0 saturated carbocycles. The molecule has 3 heteroatoms. The van der Waals surface area contributed by atoms with Crippen LogP contribution in [0.1, 0.15) is 6.92 Å². The van der Waals surface area contributed by atoms with Gasteiger partial charge in [0, 0.05) is 10.1 Å². The van der Waals surface area contributed by atoms with Crippen molar-refractivity contribution in [3.05, 3.63) is 30.1 Å². The van der Waals surface area contributed by atoms with Crippen LogP contribution in [0.2, 0.25) is 0 Å². The highest BCUT2D eigenvalue weighted by Crippen LogP contribution is 2.22. The first-order valence-electron chi connectivity index (χ1n) is 3.75. The average molecular weight is 186 g/mol. The van der Waals surface area contributed by atoms with E-state index in [0.717, 1.165) is 4.90 Å². The Balaban J connectivity index is 2.58. The largest absolute Gasteiger partial charge is 0.395 e. The highest BCUT2D eigenvalue weighted by Gasteiger charge is 2.01. The number of thioether (sulfide) groups is 1. The molecule has 0 fully saturated rings. The third-order valence-electron chi connectivity index (χ3n) is 1.41. The van der Waals surface area contributed by atoms with Gasteiger partial charge in [0.1, 0.15) is 5.82 Å².